The number of hydrogen-bond acceptors (Lipinski definition) is 8. The number of hydrogen-bond donors (Lipinski definition) is 2. The zero-order valence-electron chi connectivity index (χ0n) is 18.9. The second-order valence-corrected chi connectivity index (χ2v) is 10.1. The van der Waals surface area contributed by atoms with Gasteiger partial charge in [-0.2, -0.15) is 10.1 Å². The molecule has 2 aliphatic rings. The van der Waals surface area contributed by atoms with E-state index in [4.69, 9.17) is 19.5 Å². The monoisotopic (exact) mass is 513 g/mol. The number of rotatable bonds is 8. The van der Waals surface area contributed by atoms with E-state index in [0.29, 0.717) is 24.0 Å². The van der Waals surface area contributed by atoms with Crippen molar-refractivity contribution in [3.05, 3.63) is 53.1 Å². The Morgan fingerprint density at radius 2 is 2.03 bits per heavy atom. The van der Waals surface area contributed by atoms with Crippen molar-refractivity contribution in [2.24, 2.45) is 0 Å². The number of halogens is 2. The molecule has 0 aliphatic carbocycles. The van der Waals surface area contributed by atoms with Crippen molar-refractivity contribution in [2.45, 2.75) is 43.6 Å². The highest BCUT2D eigenvalue weighted by Crippen LogP contribution is 2.48. The van der Waals surface area contributed by atoms with Crippen LogP contribution in [0.2, 0.25) is 0 Å². The van der Waals surface area contributed by atoms with Gasteiger partial charge in [0.15, 0.2) is 0 Å². The maximum atomic E-state index is 14.7. The summed E-state index contributed by atoms with van der Waals surface area (Å²) in [5.41, 5.74) is 4.43. The van der Waals surface area contributed by atoms with Gasteiger partial charge in [0.1, 0.15) is 11.6 Å². The van der Waals surface area contributed by atoms with E-state index in [1.54, 1.807) is 37.4 Å². The minimum absolute atomic E-state index is 0.111. The number of carbonyl (C=O) groups is 1. The minimum Gasteiger partial charge on any atom is -0.413 e. The number of aromatic nitrogens is 2. The second kappa shape index (κ2) is 10.0. The van der Waals surface area contributed by atoms with Crippen LogP contribution in [0.25, 0.3) is 0 Å². The summed E-state index contributed by atoms with van der Waals surface area (Å²) in [6, 6.07) is 8.50. The Labute approximate surface area is 199 Å². The van der Waals surface area contributed by atoms with E-state index in [1.165, 1.54) is 11.0 Å². The number of para-hydroxylation sites is 1. The van der Waals surface area contributed by atoms with Crippen LogP contribution < -0.4 is 21.0 Å². The predicted molar refractivity (Wildman–Crippen MR) is 121 cm³/mol. The molecule has 2 saturated heterocycles. The zero-order valence-corrected chi connectivity index (χ0v) is 19.8. The van der Waals surface area contributed by atoms with Gasteiger partial charge in [0.05, 0.1) is 18.8 Å². The van der Waals surface area contributed by atoms with Gasteiger partial charge in [-0.1, -0.05) is 18.2 Å². The smallest absolute Gasteiger partial charge is 0.413 e. The molecule has 2 aromatic rings. The van der Waals surface area contributed by atoms with Crippen molar-refractivity contribution in [3.8, 4) is 5.75 Å². The first kappa shape index (κ1) is 25.2. The molecule has 3 N–H and O–H groups in total. The average Bonchev–Trinajstić information content (AvgIpc) is 3.10. The van der Waals surface area contributed by atoms with E-state index in [0.717, 1.165) is 6.20 Å². The lowest BCUT2D eigenvalue weighted by molar-refractivity contribution is -0.134. The maximum Gasteiger partial charge on any atom is 0.459 e. The number of anilines is 1. The molecule has 11 nitrogen and oxygen atoms in total. The molecular formula is C21H26F2N5O6P. The van der Waals surface area contributed by atoms with Gasteiger partial charge in [0.25, 0.3) is 5.92 Å². The van der Waals surface area contributed by atoms with Crippen LogP contribution in [0, 0.1) is 0 Å². The van der Waals surface area contributed by atoms with Gasteiger partial charge in [-0.3, -0.25) is 13.9 Å². The van der Waals surface area contributed by atoms with Gasteiger partial charge in [-0.15, -0.1) is 0 Å². The highest BCUT2D eigenvalue weighted by Gasteiger charge is 2.52. The SMILES string of the molecule is CN1CCCC(NP(=O)(OCC2CC(F)(F)C(n3ccc(N)nc3=O)O2)Oc2ccccc2)C1=O. The van der Waals surface area contributed by atoms with Crippen molar-refractivity contribution in [1.29, 1.82) is 0 Å². The molecule has 4 rings (SSSR count). The lowest BCUT2D eigenvalue weighted by Crippen LogP contribution is -2.48. The molecule has 3 heterocycles. The van der Waals surface area contributed by atoms with Crippen LogP contribution in [0.1, 0.15) is 25.5 Å². The summed E-state index contributed by atoms with van der Waals surface area (Å²) in [5, 5.41) is 2.66. The number of benzene rings is 1. The maximum absolute atomic E-state index is 14.7. The van der Waals surface area contributed by atoms with Crippen LogP contribution in [0.5, 0.6) is 5.75 Å². The highest BCUT2D eigenvalue weighted by molar-refractivity contribution is 7.52. The van der Waals surface area contributed by atoms with Crippen LogP contribution in [0.15, 0.2) is 47.4 Å². The number of carbonyl (C=O) groups excluding carboxylic acids is 1. The molecule has 190 valence electrons. The van der Waals surface area contributed by atoms with E-state index in [9.17, 15) is 22.9 Å². The number of likely N-dealkylation sites (tertiary alicyclic amines) is 1. The topological polar surface area (TPSA) is 138 Å². The third-order valence-electron chi connectivity index (χ3n) is 5.66. The number of nitrogen functional groups attached to an aromatic ring is 1. The zero-order chi connectivity index (χ0) is 25.2. The summed E-state index contributed by atoms with van der Waals surface area (Å²) >= 11 is 0. The van der Waals surface area contributed by atoms with Gasteiger partial charge in [-0.25, -0.2) is 18.1 Å². The van der Waals surface area contributed by atoms with E-state index in [-0.39, 0.29) is 17.5 Å². The summed E-state index contributed by atoms with van der Waals surface area (Å²) in [5.74, 6) is -3.62. The molecule has 0 bridgehead atoms. The lowest BCUT2D eigenvalue weighted by atomic mass is 10.1. The first-order valence-corrected chi connectivity index (χ1v) is 12.5. The fourth-order valence-electron chi connectivity index (χ4n) is 3.94. The van der Waals surface area contributed by atoms with Crippen LogP contribution in [-0.2, 0) is 18.6 Å². The Hall–Kier alpha value is -2.86. The summed E-state index contributed by atoms with van der Waals surface area (Å²) < 4.78 is 60.1. The van der Waals surface area contributed by atoms with Gasteiger partial charge in [-0.05, 0) is 31.0 Å². The summed E-state index contributed by atoms with van der Waals surface area (Å²) in [7, 11) is -2.57. The lowest BCUT2D eigenvalue weighted by Gasteiger charge is -2.32. The highest BCUT2D eigenvalue weighted by atomic mass is 31.2. The molecule has 14 heteroatoms. The van der Waals surface area contributed by atoms with Crippen molar-refractivity contribution in [2.75, 3.05) is 25.9 Å². The van der Waals surface area contributed by atoms with Gasteiger partial charge in [0.2, 0.25) is 12.1 Å². The Morgan fingerprint density at radius 3 is 2.74 bits per heavy atom. The molecule has 1 amide bonds. The Balaban J connectivity index is 1.49. The quantitative estimate of drug-likeness (QED) is 0.509. The van der Waals surface area contributed by atoms with Crippen LogP contribution in [0.4, 0.5) is 14.6 Å². The van der Waals surface area contributed by atoms with E-state index in [1.807, 2.05) is 0 Å². The number of likely N-dealkylation sites (N-methyl/N-ethyl adjacent to an activating group) is 1. The number of ether oxygens (including phenoxy) is 1. The van der Waals surface area contributed by atoms with Crippen molar-refractivity contribution in [1.82, 2.24) is 19.5 Å². The van der Waals surface area contributed by atoms with Crippen molar-refractivity contribution < 1.29 is 31.9 Å². The second-order valence-electron chi connectivity index (χ2n) is 8.40. The van der Waals surface area contributed by atoms with Crippen LogP contribution in [-0.4, -0.2) is 58.6 Å². The summed E-state index contributed by atoms with van der Waals surface area (Å²) in [4.78, 5) is 29.5. The normalized spacial score (nSPS) is 25.9. The van der Waals surface area contributed by atoms with E-state index in [2.05, 4.69) is 10.1 Å². The fourth-order valence-corrected chi connectivity index (χ4v) is 5.50. The first-order valence-electron chi connectivity index (χ1n) is 11.0. The molecule has 1 aromatic heterocycles. The first-order chi connectivity index (χ1) is 16.6. The summed E-state index contributed by atoms with van der Waals surface area (Å²) in [6.07, 6.45) is -1.81. The number of piperidine rings is 1. The number of amides is 1. The molecule has 0 saturated carbocycles. The number of alkyl halides is 2. The Bertz CT molecular complexity index is 1170. The molecular weight excluding hydrogens is 487 g/mol. The summed E-state index contributed by atoms with van der Waals surface area (Å²) in [6.45, 7) is 0.0184. The number of nitrogens with one attached hydrogen (secondary N) is 1. The van der Waals surface area contributed by atoms with Gasteiger partial charge < -0.3 is 19.9 Å². The molecule has 0 radical (unpaired) electrons. The van der Waals surface area contributed by atoms with Crippen molar-refractivity contribution >= 4 is 19.5 Å². The number of nitrogens with zero attached hydrogens (tertiary/aromatic N) is 3. The molecule has 2 fully saturated rings. The van der Waals surface area contributed by atoms with Crippen molar-refractivity contribution in [3.63, 3.8) is 0 Å². The van der Waals surface area contributed by atoms with E-state index < -0.39 is 50.8 Å². The molecule has 35 heavy (non-hydrogen) atoms. The van der Waals surface area contributed by atoms with Crippen LogP contribution >= 0.6 is 7.75 Å². The van der Waals surface area contributed by atoms with Gasteiger partial charge >= 0.3 is 13.4 Å². The van der Waals surface area contributed by atoms with E-state index >= 15 is 0 Å². The minimum atomic E-state index is -4.20. The predicted octanol–water partition coefficient (Wildman–Crippen LogP) is 2.16. The van der Waals surface area contributed by atoms with Crippen LogP contribution in [0.3, 0.4) is 0 Å². The third-order valence-corrected chi connectivity index (χ3v) is 7.23. The Morgan fingerprint density at radius 1 is 1.29 bits per heavy atom. The molecule has 2 aliphatic heterocycles. The average molecular weight is 513 g/mol. The Kier molecular flexibility index (Phi) is 7.22. The number of nitrogens with two attached hydrogens (primary N) is 1. The van der Waals surface area contributed by atoms with Gasteiger partial charge in [0, 0.05) is 26.2 Å². The third kappa shape index (κ3) is 5.87. The molecule has 4 unspecified atom stereocenters. The largest absolute Gasteiger partial charge is 0.459 e. The standard InChI is InChI=1S/C21H26F2N5O6P/c1-27-10-5-8-16(18(27)29)26-35(31,34-14-6-3-2-4-7-14)32-13-15-12-21(22,23)19(33-15)28-11-9-17(24)25-20(28)30/h2-4,6-7,9,11,15-16,19H,5,8,10,12-13H2,1H3,(H,26,31)(H2,24,25,30). The molecule has 4 atom stereocenters. The molecule has 1 aromatic carbocycles. The fraction of sp³-hybridized carbons (Fsp3) is 0.476. The molecule has 0 spiro atoms.